The highest BCUT2D eigenvalue weighted by molar-refractivity contribution is 9.10. The zero-order valence-electron chi connectivity index (χ0n) is 7.48. The Bertz CT molecular complexity index is 402. The van der Waals surface area contributed by atoms with Crippen LogP contribution in [0.5, 0.6) is 0 Å². The summed E-state index contributed by atoms with van der Waals surface area (Å²) < 4.78 is 25.8. The molecule has 0 atom stereocenters. The SMILES string of the molecule is N#CCc1nc(C(F)F)c(CBr)cc1Br. The third-order valence-corrected chi connectivity index (χ3v) is 3.05. The minimum atomic E-state index is -2.62. The number of rotatable bonds is 3. The van der Waals surface area contributed by atoms with Gasteiger partial charge in [-0.25, -0.2) is 13.8 Å². The Morgan fingerprint density at radius 1 is 1.53 bits per heavy atom. The molecule has 0 unspecified atom stereocenters. The van der Waals surface area contributed by atoms with Gasteiger partial charge in [-0.1, -0.05) is 15.9 Å². The van der Waals surface area contributed by atoms with Crippen molar-refractivity contribution < 1.29 is 8.78 Å². The summed E-state index contributed by atoms with van der Waals surface area (Å²) in [5, 5.41) is 8.80. The van der Waals surface area contributed by atoms with Gasteiger partial charge >= 0.3 is 0 Å². The van der Waals surface area contributed by atoms with Gasteiger partial charge < -0.3 is 0 Å². The van der Waals surface area contributed by atoms with E-state index in [1.165, 1.54) is 0 Å². The van der Waals surface area contributed by atoms with Crippen molar-refractivity contribution in [1.82, 2.24) is 4.98 Å². The molecule has 0 fully saturated rings. The zero-order valence-corrected chi connectivity index (χ0v) is 10.6. The first kappa shape index (κ1) is 12.5. The van der Waals surface area contributed by atoms with E-state index in [4.69, 9.17) is 5.26 Å². The normalized spacial score (nSPS) is 10.4. The Morgan fingerprint density at radius 2 is 2.20 bits per heavy atom. The number of nitrogens with zero attached hydrogens (tertiary/aromatic N) is 2. The van der Waals surface area contributed by atoms with Crippen molar-refractivity contribution >= 4 is 31.9 Å². The van der Waals surface area contributed by atoms with Crippen molar-refractivity contribution in [1.29, 1.82) is 5.26 Å². The number of hydrogen-bond acceptors (Lipinski definition) is 2. The molecule has 1 heterocycles. The first-order valence-corrected chi connectivity index (χ1v) is 5.90. The van der Waals surface area contributed by atoms with Crippen LogP contribution in [0.1, 0.15) is 23.4 Å². The molecule has 0 aliphatic carbocycles. The van der Waals surface area contributed by atoms with Gasteiger partial charge in [0.25, 0.3) is 6.43 Å². The lowest BCUT2D eigenvalue weighted by Crippen LogP contribution is -2.01. The van der Waals surface area contributed by atoms with Gasteiger partial charge in [0.15, 0.2) is 0 Å². The van der Waals surface area contributed by atoms with E-state index < -0.39 is 6.43 Å². The predicted molar refractivity (Wildman–Crippen MR) is 58.8 cm³/mol. The molecule has 0 N–H and O–H groups in total. The van der Waals surface area contributed by atoms with Crippen LogP contribution in [0, 0.1) is 11.3 Å². The van der Waals surface area contributed by atoms with Gasteiger partial charge in [-0.3, -0.25) is 0 Å². The van der Waals surface area contributed by atoms with Crippen molar-refractivity contribution in [2.24, 2.45) is 0 Å². The second kappa shape index (κ2) is 5.52. The van der Waals surface area contributed by atoms with Crippen LogP contribution < -0.4 is 0 Å². The maximum Gasteiger partial charge on any atom is 0.280 e. The zero-order chi connectivity index (χ0) is 11.4. The van der Waals surface area contributed by atoms with Crippen LogP contribution in [-0.4, -0.2) is 4.98 Å². The lowest BCUT2D eigenvalue weighted by Gasteiger charge is -2.08. The summed E-state index contributed by atoms with van der Waals surface area (Å²) in [5.41, 5.74) is 0.511. The van der Waals surface area contributed by atoms with E-state index in [1.807, 2.05) is 6.07 Å². The quantitative estimate of drug-likeness (QED) is 0.786. The lowest BCUT2D eigenvalue weighted by molar-refractivity contribution is 0.145. The fraction of sp³-hybridized carbons (Fsp3) is 0.333. The molecule has 15 heavy (non-hydrogen) atoms. The summed E-state index contributed by atoms with van der Waals surface area (Å²) in [6.07, 6.45) is -2.61. The first-order chi connectivity index (χ1) is 7.10. The number of alkyl halides is 3. The van der Waals surface area contributed by atoms with E-state index in [0.29, 0.717) is 21.1 Å². The monoisotopic (exact) mass is 338 g/mol. The molecule has 0 spiro atoms. The van der Waals surface area contributed by atoms with Gasteiger partial charge in [0.1, 0.15) is 5.69 Å². The Morgan fingerprint density at radius 3 is 2.67 bits per heavy atom. The first-order valence-electron chi connectivity index (χ1n) is 3.99. The molecule has 0 amide bonds. The lowest BCUT2D eigenvalue weighted by atomic mass is 10.2. The van der Waals surface area contributed by atoms with Gasteiger partial charge in [-0.05, 0) is 27.6 Å². The van der Waals surface area contributed by atoms with Crippen molar-refractivity contribution in [3.05, 3.63) is 27.5 Å². The van der Waals surface area contributed by atoms with E-state index in [2.05, 4.69) is 36.8 Å². The second-order valence-electron chi connectivity index (χ2n) is 2.73. The van der Waals surface area contributed by atoms with Crippen LogP contribution in [0.4, 0.5) is 8.78 Å². The molecule has 2 nitrogen and oxygen atoms in total. The molecule has 1 aromatic heterocycles. The summed E-state index contributed by atoms with van der Waals surface area (Å²) >= 11 is 6.31. The van der Waals surface area contributed by atoms with E-state index >= 15 is 0 Å². The van der Waals surface area contributed by atoms with Crippen molar-refractivity contribution in [2.45, 2.75) is 18.2 Å². The summed E-state index contributed by atoms with van der Waals surface area (Å²) in [6.45, 7) is 0. The van der Waals surface area contributed by atoms with E-state index in [0.717, 1.165) is 0 Å². The molecule has 0 aliphatic rings. The average Bonchev–Trinajstić information content (AvgIpc) is 2.20. The molecule has 1 rings (SSSR count). The van der Waals surface area contributed by atoms with Crippen molar-refractivity contribution in [3.63, 3.8) is 0 Å². The summed E-state index contributed by atoms with van der Waals surface area (Å²) in [7, 11) is 0. The van der Waals surface area contributed by atoms with Crippen molar-refractivity contribution in [3.8, 4) is 6.07 Å². The molecule has 0 aromatic carbocycles. The van der Waals surface area contributed by atoms with Gasteiger partial charge in [0.2, 0.25) is 0 Å². The molecule has 0 radical (unpaired) electrons. The molecule has 1 aromatic rings. The topological polar surface area (TPSA) is 36.7 Å². The highest BCUT2D eigenvalue weighted by Crippen LogP contribution is 2.27. The second-order valence-corrected chi connectivity index (χ2v) is 4.15. The van der Waals surface area contributed by atoms with Crippen molar-refractivity contribution in [2.75, 3.05) is 0 Å². The smallest absolute Gasteiger partial charge is 0.249 e. The van der Waals surface area contributed by atoms with Crippen LogP contribution in [0.25, 0.3) is 0 Å². The highest BCUT2D eigenvalue weighted by Gasteiger charge is 2.17. The standard InChI is InChI=1S/C9H6Br2F2N2/c10-4-5-3-6(11)7(1-2-14)15-8(5)9(12)13/h3,9H,1,4H2. The molecule has 0 saturated heterocycles. The van der Waals surface area contributed by atoms with E-state index in [-0.39, 0.29) is 12.1 Å². The van der Waals surface area contributed by atoms with Crippen LogP contribution in [0.2, 0.25) is 0 Å². The molecule has 80 valence electrons. The van der Waals surface area contributed by atoms with Crippen LogP contribution in [-0.2, 0) is 11.8 Å². The number of hydrogen-bond donors (Lipinski definition) is 0. The maximum atomic E-state index is 12.6. The fourth-order valence-corrected chi connectivity index (χ4v) is 2.03. The Hall–Kier alpha value is -0.540. The van der Waals surface area contributed by atoms with E-state index in [1.54, 1.807) is 6.07 Å². The summed E-state index contributed by atoms with van der Waals surface area (Å²) in [5.74, 6) is 0. The third kappa shape index (κ3) is 2.95. The maximum absolute atomic E-state index is 12.6. The Labute approximate surface area is 103 Å². The third-order valence-electron chi connectivity index (χ3n) is 1.76. The Kier molecular flexibility index (Phi) is 4.61. The number of halogens is 4. The molecule has 0 bridgehead atoms. The molecule has 0 aliphatic heterocycles. The van der Waals surface area contributed by atoms with Crippen LogP contribution >= 0.6 is 31.9 Å². The number of nitriles is 1. The minimum absolute atomic E-state index is 0.0167. The predicted octanol–water partition coefficient (Wildman–Crippen LogP) is 3.74. The summed E-state index contributed by atoms with van der Waals surface area (Å²) in [4.78, 5) is 3.78. The number of aromatic nitrogens is 1. The largest absolute Gasteiger partial charge is 0.280 e. The minimum Gasteiger partial charge on any atom is -0.249 e. The summed E-state index contributed by atoms with van der Waals surface area (Å²) in [6, 6.07) is 3.44. The molecular formula is C9H6Br2F2N2. The van der Waals surface area contributed by atoms with Gasteiger partial charge in [0.05, 0.1) is 18.2 Å². The molecule has 0 saturated carbocycles. The molecule has 6 heteroatoms. The van der Waals surface area contributed by atoms with Gasteiger partial charge in [-0.15, -0.1) is 0 Å². The number of pyridine rings is 1. The van der Waals surface area contributed by atoms with Gasteiger partial charge in [-0.2, -0.15) is 5.26 Å². The van der Waals surface area contributed by atoms with E-state index in [9.17, 15) is 8.78 Å². The van der Waals surface area contributed by atoms with Crippen LogP contribution in [0.15, 0.2) is 10.5 Å². The van der Waals surface area contributed by atoms with Crippen LogP contribution in [0.3, 0.4) is 0 Å². The molecular weight excluding hydrogens is 334 g/mol. The van der Waals surface area contributed by atoms with Gasteiger partial charge in [0, 0.05) is 9.80 Å². The fourth-order valence-electron chi connectivity index (χ4n) is 1.08. The average molecular weight is 340 g/mol. The highest BCUT2D eigenvalue weighted by atomic mass is 79.9. The Balaban J connectivity index is 3.25.